The normalized spacial score (nSPS) is 10.5. The Bertz CT molecular complexity index is 524. The van der Waals surface area contributed by atoms with Crippen molar-refractivity contribution in [3.05, 3.63) is 36.0 Å². The fourth-order valence-electron chi connectivity index (χ4n) is 1.80. The lowest BCUT2D eigenvalue weighted by Gasteiger charge is -2.06. The number of amides is 2. The number of halogens is 1. The number of aromatic amines is 1. The summed E-state index contributed by atoms with van der Waals surface area (Å²) in [5, 5.41) is 6.64. The summed E-state index contributed by atoms with van der Waals surface area (Å²) < 4.78 is 0. The summed E-state index contributed by atoms with van der Waals surface area (Å²) in [6, 6.07) is 8.12. The molecule has 0 unspecified atom stereocenters. The van der Waals surface area contributed by atoms with E-state index in [0.717, 1.165) is 11.9 Å². The van der Waals surface area contributed by atoms with E-state index in [4.69, 9.17) is 11.6 Å². The summed E-state index contributed by atoms with van der Waals surface area (Å²) in [5.41, 5.74) is 2.34. The molecule has 2 aromatic rings. The third-order valence-corrected chi connectivity index (χ3v) is 2.89. The Hall–Kier alpha value is -1.68. The minimum atomic E-state index is -0.168. The van der Waals surface area contributed by atoms with E-state index in [1.807, 2.05) is 12.3 Å². The fourth-order valence-corrected chi connectivity index (χ4v) is 1.90. The Morgan fingerprint density at radius 2 is 2.06 bits per heavy atom. The van der Waals surface area contributed by atoms with Crippen LogP contribution < -0.4 is 10.6 Å². The van der Waals surface area contributed by atoms with Gasteiger partial charge in [-0.25, -0.2) is 4.79 Å². The number of benzene rings is 1. The van der Waals surface area contributed by atoms with Crippen LogP contribution in [0.25, 0.3) is 10.9 Å². The molecule has 0 bridgehead atoms. The molecule has 0 aliphatic heterocycles. The first kappa shape index (κ1) is 12.8. The molecule has 2 rings (SSSR count). The van der Waals surface area contributed by atoms with Crippen molar-refractivity contribution in [2.24, 2.45) is 0 Å². The molecule has 0 fully saturated rings. The van der Waals surface area contributed by atoms with Gasteiger partial charge in [0.15, 0.2) is 0 Å². The lowest BCUT2D eigenvalue weighted by atomic mass is 10.1. The molecule has 1 heterocycles. The van der Waals surface area contributed by atoms with Crippen LogP contribution in [0.3, 0.4) is 0 Å². The number of fused-ring (bicyclic) bond motifs is 1. The van der Waals surface area contributed by atoms with E-state index in [2.05, 4.69) is 33.8 Å². The van der Waals surface area contributed by atoms with Crippen molar-refractivity contribution < 1.29 is 4.79 Å². The van der Waals surface area contributed by atoms with Crippen LogP contribution in [0.1, 0.15) is 5.56 Å². The van der Waals surface area contributed by atoms with Gasteiger partial charge in [-0.1, -0.05) is 6.07 Å². The monoisotopic (exact) mass is 265 g/mol. The minimum absolute atomic E-state index is 0.168. The van der Waals surface area contributed by atoms with Crippen LogP contribution in [0, 0.1) is 0 Å². The minimum Gasteiger partial charge on any atom is -0.361 e. The second-order valence-corrected chi connectivity index (χ2v) is 4.40. The van der Waals surface area contributed by atoms with Crippen molar-refractivity contribution >= 4 is 28.5 Å². The van der Waals surface area contributed by atoms with Crippen LogP contribution in [0.2, 0.25) is 0 Å². The number of alkyl halides is 1. The van der Waals surface area contributed by atoms with Gasteiger partial charge in [-0.15, -0.1) is 11.6 Å². The highest BCUT2D eigenvalue weighted by atomic mass is 35.5. The quantitative estimate of drug-likeness (QED) is 0.714. The zero-order valence-corrected chi connectivity index (χ0v) is 10.8. The van der Waals surface area contributed by atoms with Crippen LogP contribution >= 0.6 is 11.6 Å². The largest absolute Gasteiger partial charge is 0.361 e. The van der Waals surface area contributed by atoms with Crippen molar-refractivity contribution in [1.82, 2.24) is 15.6 Å². The number of carbonyl (C=O) groups excluding carboxylic acids is 1. The summed E-state index contributed by atoms with van der Waals surface area (Å²) in [5.74, 6) is 0.428. The Morgan fingerprint density at radius 1 is 1.22 bits per heavy atom. The van der Waals surface area contributed by atoms with Gasteiger partial charge in [0.05, 0.1) is 0 Å². The molecule has 2 amide bonds. The van der Waals surface area contributed by atoms with Gasteiger partial charge in [-0.2, -0.15) is 0 Å². The van der Waals surface area contributed by atoms with Crippen molar-refractivity contribution in [3.8, 4) is 0 Å². The molecule has 4 nitrogen and oxygen atoms in total. The van der Waals surface area contributed by atoms with Gasteiger partial charge in [-0.05, 0) is 35.6 Å². The van der Waals surface area contributed by atoms with Gasteiger partial charge in [0, 0.05) is 30.7 Å². The molecule has 0 aliphatic carbocycles. The van der Waals surface area contributed by atoms with Gasteiger partial charge in [0.2, 0.25) is 0 Å². The highest BCUT2D eigenvalue weighted by molar-refractivity contribution is 6.18. The Balaban J connectivity index is 1.81. The molecule has 96 valence electrons. The second kappa shape index (κ2) is 6.31. The summed E-state index contributed by atoms with van der Waals surface area (Å²) in [6.07, 6.45) is 2.74. The molecule has 0 saturated carbocycles. The summed E-state index contributed by atoms with van der Waals surface area (Å²) in [7, 11) is 0. The number of rotatable bonds is 5. The molecule has 18 heavy (non-hydrogen) atoms. The third-order valence-electron chi connectivity index (χ3n) is 2.70. The number of carbonyl (C=O) groups is 1. The number of aromatic nitrogens is 1. The highest BCUT2D eigenvalue weighted by Gasteiger charge is 2.00. The molecular weight excluding hydrogens is 250 g/mol. The van der Waals surface area contributed by atoms with Gasteiger partial charge < -0.3 is 15.6 Å². The average molecular weight is 266 g/mol. The first-order chi connectivity index (χ1) is 8.79. The molecule has 0 saturated heterocycles. The predicted octanol–water partition coefficient (Wildman–Crippen LogP) is 2.25. The summed E-state index contributed by atoms with van der Waals surface area (Å²) >= 11 is 5.47. The van der Waals surface area contributed by atoms with E-state index in [1.165, 1.54) is 10.9 Å². The van der Waals surface area contributed by atoms with Gasteiger partial charge in [0.1, 0.15) is 0 Å². The Morgan fingerprint density at radius 3 is 2.89 bits per heavy atom. The fraction of sp³-hybridized carbons (Fsp3) is 0.308. The topological polar surface area (TPSA) is 56.9 Å². The molecule has 0 radical (unpaired) electrons. The van der Waals surface area contributed by atoms with Crippen LogP contribution in [0.15, 0.2) is 30.5 Å². The van der Waals surface area contributed by atoms with Gasteiger partial charge >= 0.3 is 6.03 Å². The molecule has 3 N–H and O–H groups in total. The lowest BCUT2D eigenvalue weighted by molar-refractivity contribution is 0.241. The van der Waals surface area contributed by atoms with E-state index in [1.54, 1.807) is 0 Å². The number of nitrogens with one attached hydrogen (secondary N) is 3. The Kier molecular flexibility index (Phi) is 4.47. The first-order valence-electron chi connectivity index (χ1n) is 5.93. The molecule has 1 aromatic heterocycles. The lowest BCUT2D eigenvalue weighted by Crippen LogP contribution is -2.37. The molecule has 1 aromatic carbocycles. The molecule has 5 heteroatoms. The van der Waals surface area contributed by atoms with Crippen molar-refractivity contribution in [1.29, 1.82) is 0 Å². The average Bonchev–Trinajstić information content (AvgIpc) is 2.83. The number of hydrogen-bond acceptors (Lipinski definition) is 1. The van der Waals surface area contributed by atoms with E-state index in [9.17, 15) is 4.79 Å². The Labute approximate surface area is 111 Å². The highest BCUT2D eigenvalue weighted by Crippen LogP contribution is 2.14. The number of hydrogen-bond donors (Lipinski definition) is 3. The van der Waals surface area contributed by atoms with Gasteiger partial charge in [-0.3, -0.25) is 0 Å². The molecule has 0 aliphatic rings. The van der Waals surface area contributed by atoms with Crippen LogP contribution in [-0.4, -0.2) is 30.0 Å². The third kappa shape index (κ3) is 3.40. The molecular formula is C13H16ClN3O. The van der Waals surface area contributed by atoms with Crippen LogP contribution in [0.4, 0.5) is 4.79 Å². The van der Waals surface area contributed by atoms with E-state index < -0.39 is 0 Å². The number of urea groups is 1. The second-order valence-electron chi connectivity index (χ2n) is 4.02. The van der Waals surface area contributed by atoms with Crippen molar-refractivity contribution in [3.63, 3.8) is 0 Å². The standard InChI is InChI=1S/C13H16ClN3O/c14-5-8-17-13(18)16-6-3-10-1-2-12-11(9-10)4-7-15-12/h1-2,4,7,9,15H,3,5-6,8H2,(H2,16,17,18). The maximum Gasteiger partial charge on any atom is 0.314 e. The van der Waals surface area contributed by atoms with E-state index in [0.29, 0.717) is 19.0 Å². The van der Waals surface area contributed by atoms with Gasteiger partial charge in [0.25, 0.3) is 0 Å². The first-order valence-corrected chi connectivity index (χ1v) is 6.47. The number of H-pyrrole nitrogens is 1. The zero-order valence-electron chi connectivity index (χ0n) is 10.0. The van der Waals surface area contributed by atoms with Crippen molar-refractivity contribution in [2.75, 3.05) is 19.0 Å². The maximum atomic E-state index is 11.3. The molecule has 0 spiro atoms. The smallest absolute Gasteiger partial charge is 0.314 e. The summed E-state index contributed by atoms with van der Waals surface area (Å²) in [6.45, 7) is 1.10. The zero-order chi connectivity index (χ0) is 12.8. The van der Waals surface area contributed by atoms with E-state index in [-0.39, 0.29) is 6.03 Å². The van der Waals surface area contributed by atoms with E-state index >= 15 is 0 Å². The maximum absolute atomic E-state index is 11.3. The summed E-state index contributed by atoms with van der Waals surface area (Å²) in [4.78, 5) is 14.4. The van der Waals surface area contributed by atoms with Crippen LogP contribution in [-0.2, 0) is 6.42 Å². The van der Waals surface area contributed by atoms with Crippen molar-refractivity contribution in [2.45, 2.75) is 6.42 Å². The SMILES string of the molecule is O=C(NCCCl)NCCc1ccc2[nH]ccc2c1. The molecule has 0 atom stereocenters. The predicted molar refractivity (Wildman–Crippen MR) is 74.1 cm³/mol. The van der Waals surface area contributed by atoms with Crippen LogP contribution in [0.5, 0.6) is 0 Å².